The van der Waals surface area contributed by atoms with Crippen LogP contribution in [0.25, 0.3) is 0 Å². The number of halogens is 3. The van der Waals surface area contributed by atoms with E-state index >= 15 is 0 Å². The first-order valence-electron chi connectivity index (χ1n) is 11.7. The molecule has 0 atom stereocenters. The third-order valence-electron chi connectivity index (χ3n) is 6.45. The summed E-state index contributed by atoms with van der Waals surface area (Å²) in [5, 5.41) is 9.12. The summed E-state index contributed by atoms with van der Waals surface area (Å²) >= 11 is 0. The highest BCUT2D eigenvalue weighted by Gasteiger charge is 2.30. The van der Waals surface area contributed by atoms with Crippen molar-refractivity contribution in [3.05, 3.63) is 106 Å². The van der Waals surface area contributed by atoms with Crippen LogP contribution in [0.2, 0.25) is 0 Å². The molecule has 7 heteroatoms. The molecular formula is C28H26F3N3O. The molecule has 0 radical (unpaired) electrons. The highest BCUT2D eigenvalue weighted by Crippen LogP contribution is 2.23. The van der Waals surface area contributed by atoms with E-state index in [1.54, 1.807) is 11.0 Å². The average molecular weight is 478 g/mol. The first-order chi connectivity index (χ1) is 16.9. The van der Waals surface area contributed by atoms with Gasteiger partial charge >= 0.3 is 0 Å². The molecule has 35 heavy (non-hydrogen) atoms. The molecule has 0 bridgehead atoms. The van der Waals surface area contributed by atoms with Gasteiger partial charge in [0, 0.05) is 38.3 Å². The molecule has 1 aliphatic heterocycles. The van der Waals surface area contributed by atoms with Crippen LogP contribution in [-0.4, -0.2) is 41.4 Å². The third kappa shape index (κ3) is 6.09. The van der Waals surface area contributed by atoms with Gasteiger partial charge in [0.2, 0.25) is 0 Å². The molecule has 3 aromatic rings. The molecule has 1 saturated heterocycles. The minimum atomic E-state index is -1.32. The predicted octanol–water partition coefficient (Wildman–Crippen LogP) is 5.33. The Balaban J connectivity index is 1.48. The number of rotatable bonds is 7. The van der Waals surface area contributed by atoms with E-state index in [2.05, 4.69) is 11.0 Å². The number of nitriles is 1. The molecule has 3 aromatic carbocycles. The normalized spacial score (nSPS) is 14.5. The topological polar surface area (TPSA) is 47.3 Å². The lowest BCUT2D eigenvalue weighted by Gasteiger charge is -2.39. The van der Waals surface area contributed by atoms with Gasteiger partial charge in [0.1, 0.15) is 5.82 Å². The molecule has 4 rings (SSSR count). The Bertz CT molecular complexity index is 1220. The van der Waals surface area contributed by atoms with Gasteiger partial charge in [-0.3, -0.25) is 9.69 Å². The van der Waals surface area contributed by atoms with Crippen molar-refractivity contribution in [3.63, 3.8) is 0 Å². The summed E-state index contributed by atoms with van der Waals surface area (Å²) in [6, 6.07) is 20.2. The number of carbonyl (C=O) groups excluding carboxylic acids is 1. The lowest BCUT2D eigenvalue weighted by molar-refractivity contribution is 0.0563. The van der Waals surface area contributed by atoms with E-state index in [-0.39, 0.29) is 6.04 Å². The smallest absolute Gasteiger partial charge is 0.257 e. The minimum absolute atomic E-state index is 0.152. The van der Waals surface area contributed by atoms with Crippen molar-refractivity contribution in [2.75, 3.05) is 19.6 Å². The van der Waals surface area contributed by atoms with Gasteiger partial charge in [-0.05, 0) is 48.6 Å². The molecule has 0 spiro atoms. The maximum absolute atomic E-state index is 14.5. The molecule has 1 fully saturated rings. The Morgan fingerprint density at radius 2 is 1.60 bits per heavy atom. The van der Waals surface area contributed by atoms with Crippen LogP contribution in [-0.2, 0) is 13.0 Å². The van der Waals surface area contributed by atoms with Crippen LogP contribution < -0.4 is 0 Å². The standard InChI is InChI=1S/C28H26F3N3O/c29-25-17-27(31)26(30)16-24(25)28(35)34(14-9-20-5-2-1-3-6-20)23-10-12-33(13-11-23)19-22-8-4-7-21(15-22)18-32/h1-8,15-17,23H,9-14,19H2. The van der Waals surface area contributed by atoms with E-state index in [0.717, 1.165) is 24.2 Å². The van der Waals surface area contributed by atoms with Crippen LogP contribution in [0.1, 0.15) is 39.9 Å². The number of carbonyl (C=O) groups is 1. The quantitative estimate of drug-likeness (QED) is 0.433. The Morgan fingerprint density at radius 1 is 0.914 bits per heavy atom. The number of nitrogens with zero attached hydrogens (tertiary/aromatic N) is 3. The van der Waals surface area contributed by atoms with Crippen LogP contribution in [0, 0.1) is 28.8 Å². The summed E-state index contributed by atoms with van der Waals surface area (Å²) in [6.07, 6.45) is 1.91. The molecule has 0 saturated carbocycles. The van der Waals surface area contributed by atoms with Crippen molar-refractivity contribution >= 4 is 5.91 Å². The van der Waals surface area contributed by atoms with E-state index in [4.69, 9.17) is 5.26 Å². The van der Waals surface area contributed by atoms with Crippen molar-refractivity contribution in [2.24, 2.45) is 0 Å². The highest BCUT2D eigenvalue weighted by molar-refractivity contribution is 5.94. The molecule has 1 heterocycles. The lowest BCUT2D eigenvalue weighted by atomic mass is 9.99. The highest BCUT2D eigenvalue weighted by atomic mass is 19.2. The van der Waals surface area contributed by atoms with Gasteiger partial charge in [-0.15, -0.1) is 0 Å². The van der Waals surface area contributed by atoms with Crippen LogP contribution in [0.5, 0.6) is 0 Å². The van der Waals surface area contributed by atoms with Crippen molar-refractivity contribution in [1.82, 2.24) is 9.80 Å². The number of piperidine rings is 1. The molecule has 1 amide bonds. The lowest BCUT2D eigenvalue weighted by Crippen LogP contribution is -2.48. The van der Waals surface area contributed by atoms with Crippen LogP contribution in [0.4, 0.5) is 13.2 Å². The maximum atomic E-state index is 14.5. The van der Waals surface area contributed by atoms with Crippen molar-refractivity contribution < 1.29 is 18.0 Å². The predicted molar refractivity (Wildman–Crippen MR) is 127 cm³/mol. The van der Waals surface area contributed by atoms with E-state index < -0.39 is 28.9 Å². The summed E-state index contributed by atoms with van der Waals surface area (Å²) in [7, 11) is 0. The van der Waals surface area contributed by atoms with Crippen molar-refractivity contribution in [1.29, 1.82) is 5.26 Å². The summed E-state index contributed by atoms with van der Waals surface area (Å²) in [6.45, 7) is 2.47. The zero-order valence-corrected chi connectivity index (χ0v) is 19.3. The zero-order chi connectivity index (χ0) is 24.8. The van der Waals surface area contributed by atoms with E-state index in [1.165, 1.54) is 0 Å². The first-order valence-corrected chi connectivity index (χ1v) is 11.7. The van der Waals surface area contributed by atoms with Gasteiger partial charge in [-0.25, -0.2) is 13.2 Å². The molecule has 0 unspecified atom stereocenters. The molecule has 0 aliphatic carbocycles. The second-order valence-electron chi connectivity index (χ2n) is 8.80. The minimum Gasteiger partial charge on any atom is -0.335 e. The SMILES string of the molecule is N#Cc1cccc(CN2CCC(N(CCc3ccccc3)C(=O)c3cc(F)c(F)cc3F)CC2)c1. The van der Waals surface area contributed by atoms with Crippen LogP contribution >= 0.6 is 0 Å². The monoisotopic (exact) mass is 477 g/mol. The van der Waals surface area contributed by atoms with Gasteiger partial charge in [-0.1, -0.05) is 42.5 Å². The van der Waals surface area contributed by atoms with Crippen LogP contribution in [0.3, 0.4) is 0 Å². The van der Waals surface area contributed by atoms with E-state index in [0.29, 0.717) is 50.0 Å². The molecule has 180 valence electrons. The fourth-order valence-electron chi connectivity index (χ4n) is 4.57. The first kappa shape index (κ1) is 24.5. The Morgan fingerprint density at radius 3 is 2.31 bits per heavy atom. The van der Waals surface area contributed by atoms with Gasteiger partial charge in [0.25, 0.3) is 5.91 Å². The van der Waals surface area contributed by atoms with Crippen LogP contribution in [0.15, 0.2) is 66.7 Å². The number of amides is 1. The molecular weight excluding hydrogens is 451 g/mol. The van der Waals surface area contributed by atoms with Crippen molar-refractivity contribution in [3.8, 4) is 6.07 Å². The molecule has 1 aliphatic rings. The summed E-state index contributed by atoms with van der Waals surface area (Å²) in [5.74, 6) is -4.25. The van der Waals surface area contributed by atoms with Gasteiger partial charge in [0.05, 0.1) is 17.2 Å². The fourth-order valence-corrected chi connectivity index (χ4v) is 4.57. The van der Waals surface area contributed by atoms with Gasteiger partial charge < -0.3 is 4.90 Å². The Hall–Kier alpha value is -3.63. The summed E-state index contributed by atoms with van der Waals surface area (Å²) < 4.78 is 41.8. The van der Waals surface area contributed by atoms with E-state index in [9.17, 15) is 18.0 Å². The number of hydrogen-bond donors (Lipinski definition) is 0. The maximum Gasteiger partial charge on any atom is 0.257 e. The molecule has 4 nitrogen and oxygen atoms in total. The van der Waals surface area contributed by atoms with Gasteiger partial charge in [-0.2, -0.15) is 5.26 Å². The molecule has 0 aromatic heterocycles. The number of likely N-dealkylation sites (tertiary alicyclic amines) is 1. The average Bonchev–Trinajstić information content (AvgIpc) is 2.88. The third-order valence-corrected chi connectivity index (χ3v) is 6.45. The summed E-state index contributed by atoms with van der Waals surface area (Å²) in [4.78, 5) is 17.2. The van der Waals surface area contributed by atoms with Gasteiger partial charge in [0.15, 0.2) is 11.6 Å². The summed E-state index contributed by atoms with van der Waals surface area (Å²) in [5.41, 5.74) is 2.24. The second kappa shape index (κ2) is 11.2. The van der Waals surface area contributed by atoms with Crippen molar-refractivity contribution in [2.45, 2.75) is 31.8 Å². The number of hydrogen-bond acceptors (Lipinski definition) is 3. The fraction of sp³-hybridized carbons (Fsp3) is 0.286. The largest absolute Gasteiger partial charge is 0.335 e. The molecule has 0 N–H and O–H groups in total. The van der Waals surface area contributed by atoms with E-state index in [1.807, 2.05) is 48.5 Å². The second-order valence-corrected chi connectivity index (χ2v) is 8.80. The Labute approximate surface area is 203 Å². The zero-order valence-electron chi connectivity index (χ0n) is 19.3. The number of benzene rings is 3. The Kier molecular flexibility index (Phi) is 7.84.